The molecule has 1 amide bonds. The van der Waals surface area contributed by atoms with E-state index in [9.17, 15) is 14.9 Å². The fraction of sp³-hybridized carbons (Fsp3) is 0.647. The fourth-order valence-corrected chi connectivity index (χ4v) is 2.79. The van der Waals surface area contributed by atoms with Crippen molar-refractivity contribution in [3.63, 3.8) is 0 Å². The van der Waals surface area contributed by atoms with Crippen LogP contribution in [-0.2, 0) is 4.74 Å². The van der Waals surface area contributed by atoms with Gasteiger partial charge in [-0.05, 0) is 46.1 Å². The van der Waals surface area contributed by atoms with Crippen LogP contribution in [0, 0.1) is 10.1 Å². The summed E-state index contributed by atoms with van der Waals surface area (Å²) < 4.78 is 11.0. The second-order valence-corrected chi connectivity index (χ2v) is 7.05. The Morgan fingerprint density at radius 2 is 2.20 bits per heavy atom. The van der Waals surface area contributed by atoms with Crippen molar-refractivity contribution in [1.82, 2.24) is 9.88 Å². The zero-order valence-electron chi connectivity index (χ0n) is 14.9. The molecule has 0 aromatic carbocycles. The summed E-state index contributed by atoms with van der Waals surface area (Å²) in [5.74, 6) is 0.00660. The highest BCUT2D eigenvalue weighted by Gasteiger charge is 2.30. The molecular weight excluding hydrogens is 326 g/mol. The quantitative estimate of drug-likeness (QED) is 0.595. The van der Waals surface area contributed by atoms with E-state index in [1.165, 1.54) is 18.3 Å². The number of nitrogens with zero attached hydrogens (tertiary/aromatic N) is 3. The fourth-order valence-electron chi connectivity index (χ4n) is 2.79. The number of hydrogen-bond donors (Lipinski definition) is 0. The zero-order valence-corrected chi connectivity index (χ0v) is 14.9. The molecule has 1 unspecified atom stereocenters. The van der Waals surface area contributed by atoms with Crippen LogP contribution in [0.1, 0.15) is 46.5 Å². The summed E-state index contributed by atoms with van der Waals surface area (Å²) in [5.41, 5.74) is -0.695. The first-order chi connectivity index (χ1) is 11.8. The normalized spacial score (nSPS) is 17.9. The Bertz CT molecular complexity index is 615. The summed E-state index contributed by atoms with van der Waals surface area (Å²) in [4.78, 5) is 28.5. The Hall–Kier alpha value is -2.38. The summed E-state index contributed by atoms with van der Waals surface area (Å²) >= 11 is 0. The molecule has 0 spiro atoms. The lowest BCUT2D eigenvalue weighted by Gasteiger charge is -2.36. The van der Waals surface area contributed by atoms with Crippen LogP contribution in [0.15, 0.2) is 18.3 Å². The smallest absolute Gasteiger partial charge is 0.410 e. The number of carbonyl (C=O) groups excluding carboxylic acids is 1. The van der Waals surface area contributed by atoms with Crippen molar-refractivity contribution in [2.75, 3.05) is 13.2 Å². The molecule has 8 heteroatoms. The Morgan fingerprint density at radius 3 is 2.88 bits per heavy atom. The van der Waals surface area contributed by atoms with Gasteiger partial charge in [0.2, 0.25) is 0 Å². The molecule has 2 rings (SSSR count). The van der Waals surface area contributed by atoms with E-state index >= 15 is 0 Å². The maximum Gasteiger partial charge on any atom is 0.410 e. The lowest BCUT2D eigenvalue weighted by Crippen LogP contribution is -2.46. The molecule has 0 saturated carbocycles. The molecule has 1 aromatic heterocycles. The highest BCUT2D eigenvalue weighted by Crippen LogP contribution is 2.25. The molecule has 1 aliphatic heterocycles. The molecule has 0 N–H and O–H groups in total. The SMILES string of the molecule is CC(C)(C)OC(=O)N1CCCCC1CCOc1ncccc1[N+](=O)[O-]. The van der Waals surface area contributed by atoms with E-state index in [1.807, 2.05) is 20.8 Å². The van der Waals surface area contributed by atoms with Gasteiger partial charge in [0.1, 0.15) is 5.60 Å². The molecular formula is C17H25N3O5. The minimum atomic E-state index is -0.538. The van der Waals surface area contributed by atoms with Crippen LogP contribution in [0.3, 0.4) is 0 Å². The van der Waals surface area contributed by atoms with Crippen LogP contribution in [0.5, 0.6) is 5.88 Å². The van der Waals surface area contributed by atoms with E-state index in [1.54, 1.807) is 4.90 Å². The third-order valence-electron chi connectivity index (χ3n) is 3.89. The van der Waals surface area contributed by atoms with Gasteiger partial charge >= 0.3 is 11.8 Å². The predicted molar refractivity (Wildman–Crippen MR) is 91.6 cm³/mol. The van der Waals surface area contributed by atoms with Crippen molar-refractivity contribution in [3.05, 3.63) is 28.4 Å². The number of pyridine rings is 1. The van der Waals surface area contributed by atoms with Gasteiger partial charge in [-0.3, -0.25) is 10.1 Å². The number of ether oxygens (including phenoxy) is 2. The van der Waals surface area contributed by atoms with Crippen LogP contribution < -0.4 is 4.74 Å². The molecule has 25 heavy (non-hydrogen) atoms. The number of amides is 1. The van der Waals surface area contributed by atoms with Gasteiger partial charge in [-0.1, -0.05) is 0 Å². The summed E-state index contributed by atoms with van der Waals surface area (Å²) in [6, 6.07) is 2.86. The number of rotatable bonds is 5. The third kappa shape index (κ3) is 5.58. The maximum absolute atomic E-state index is 12.4. The molecule has 2 heterocycles. The van der Waals surface area contributed by atoms with E-state index in [0.717, 1.165) is 19.3 Å². The Balaban J connectivity index is 1.94. The first kappa shape index (κ1) is 19.0. The standard InChI is InChI=1S/C17H25N3O5/c1-17(2,3)25-16(21)19-11-5-4-7-13(19)9-12-24-15-14(20(22)23)8-6-10-18-15/h6,8,10,13H,4-5,7,9,11-12H2,1-3H3. The second-order valence-electron chi connectivity index (χ2n) is 7.05. The van der Waals surface area contributed by atoms with Gasteiger partial charge in [0.05, 0.1) is 11.5 Å². The number of likely N-dealkylation sites (tertiary alicyclic amines) is 1. The van der Waals surface area contributed by atoms with Crippen molar-refractivity contribution in [2.45, 2.75) is 58.1 Å². The van der Waals surface area contributed by atoms with E-state index in [-0.39, 0.29) is 30.3 Å². The van der Waals surface area contributed by atoms with Crippen LogP contribution in [0.4, 0.5) is 10.5 Å². The van der Waals surface area contributed by atoms with E-state index < -0.39 is 10.5 Å². The Labute approximate surface area is 147 Å². The Kier molecular flexibility index (Phi) is 6.17. The van der Waals surface area contributed by atoms with E-state index in [0.29, 0.717) is 13.0 Å². The number of carbonyl (C=O) groups is 1. The topological polar surface area (TPSA) is 94.8 Å². The number of nitro groups is 1. The molecule has 1 fully saturated rings. The third-order valence-corrected chi connectivity index (χ3v) is 3.89. The van der Waals surface area contributed by atoms with Gasteiger partial charge in [0.25, 0.3) is 5.88 Å². The van der Waals surface area contributed by atoms with Gasteiger partial charge in [-0.2, -0.15) is 0 Å². The summed E-state index contributed by atoms with van der Waals surface area (Å²) in [5, 5.41) is 11.0. The molecule has 1 saturated heterocycles. The largest absolute Gasteiger partial charge is 0.473 e. The number of hydrogen-bond acceptors (Lipinski definition) is 6. The van der Waals surface area contributed by atoms with Crippen molar-refractivity contribution in [3.8, 4) is 5.88 Å². The average molecular weight is 351 g/mol. The summed E-state index contributed by atoms with van der Waals surface area (Å²) in [6.45, 7) is 6.43. The van der Waals surface area contributed by atoms with Crippen LogP contribution in [-0.4, -0.2) is 45.7 Å². The molecule has 1 atom stereocenters. The maximum atomic E-state index is 12.4. The van der Waals surface area contributed by atoms with Gasteiger partial charge in [-0.15, -0.1) is 0 Å². The summed E-state index contributed by atoms with van der Waals surface area (Å²) in [6.07, 6.45) is 4.56. The monoisotopic (exact) mass is 351 g/mol. The minimum absolute atomic E-state index is 0.00590. The molecule has 0 radical (unpaired) electrons. The Morgan fingerprint density at radius 1 is 1.44 bits per heavy atom. The van der Waals surface area contributed by atoms with Crippen molar-refractivity contribution in [1.29, 1.82) is 0 Å². The highest BCUT2D eigenvalue weighted by atomic mass is 16.6. The van der Waals surface area contributed by atoms with Crippen LogP contribution >= 0.6 is 0 Å². The lowest BCUT2D eigenvalue weighted by atomic mass is 10.0. The first-order valence-corrected chi connectivity index (χ1v) is 8.50. The molecule has 138 valence electrons. The first-order valence-electron chi connectivity index (χ1n) is 8.50. The number of piperidine rings is 1. The molecule has 0 aliphatic carbocycles. The van der Waals surface area contributed by atoms with Crippen LogP contribution in [0.25, 0.3) is 0 Å². The molecule has 1 aliphatic rings. The van der Waals surface area contributed by atoms with E-state index in [4.69, 9.17) is 9.47 Å². The second kappa shape index (κ2) is 8.13. The van der Waals surface area contributed by atoms with Crippen molar-refractivity contribution in [2.24, 2.45) is 0 Å². The van der Waals surface area contributed by atoms with Gasteiger partial charge in [-0.25, -0.2) is 9.78 Å². The minimum Gasteiger partial charge on any atom is -0.473 e. The molecule has 8 nitrogen and oxygen atoms in total. The molecule has 1 aromatic rings. The van der Waals surface area contributed by atoms with Gasteiger partial charge in [0, 0.05) is 31.3 Å². The summed E-state index contributed by atoms with van der Waals surface area (Å²) in [7, 11) is 0. The molecule has 0 bridgehead atoms. The van der Waals surface area contributed by atoms with E-state index in [2.05, 4.69) is 4.98 Å². The predicted octanol–water partition coefficient (Wildman–Crippen LogP) is 3.55. The zero-order chi connectivity index (χ0) is 18.4. The van der Waals surface area contributed by atoms with Gasteiger partial charge < -0.3 is 14.4 Å². The van der Waals surface area contributed by atoms with Crippen LogP contribution in [0.2, 0.25) is 0 Å². The van der Waals surface area contributed by atoms with Crippen molar-refractivity contribution < 1.29 is 19.2 Å². The average Bonchev–Trinajstić information content (AvgIpc) is 2.54. The van der Waals surface area contributed by atoms with Gasteiger partial charge in [0.15, 0.2) is 0 Å². The number of aromatic nitrogens is 1. The highest BCUT2D eigenvalue weighted by molar-refractivity contribution is 5.68. The van der Waals surface area contributed by atoms with Crippen molar-refractivity contribution >= 4 is 11.8 Å². The lowest BCUT2D eigenvalue weighted by molar-refractivity contribution is -0.386.